The highest BCUT2D eigenvalue weighted by atomic mass is 16.5. The van der Waals surface area contributed by atoms with E-state index < -0.39 is 6.10 Å². The number of pyridine rings is 1. The lowest BCUT2D eigenvalue weighted by molar-refractivity contribution is -0.134. The molecule has 2 atom stereocenters. The van der Waals surface area contributed by atoms with Crippen LogP contribution in [0.25, 0.3) is 0 Å². The zero-order valence-corrected chi connectivity index (χ0v) is 17.8. The summed E-state index contributed by atoms with van der Waals surface area (Å²) in [5.41, 5.74) is 1.35. The van der Waals surface area contributed by atoms with Gasteiger partial charge in [0.1, 0.15) is 5.75 Å². The summed E-state index contributed by atoms with van der Waals surface area (Å²) in [6, 6.07) is 1.82. The van der Waals surface area contributed by atoms with Gasteiger partial charge in [-0.25, -0.2) is 0 Å². The van der Waals surface area contributed by atoms with E-state index in [1.165, 1.54) is 38.5 Å². The van der Waals surface area contributed by atoms with Crippen molar-refractivity contribution in [2.45, 2.75) is 70.3 Å². The standard InChI is InChI=1S/C24H33N3O3/c28-22(12-17-4-2-1-3-5-17)27-10-7-24(8-11-27)14-19(24)16-26-23(29)21-13-18-15-25-9-6-20(18)30-21/h6,9,15,17,19,21H,1-5,7-8,10-14,16H2,(H,26,29). The zero-order valence-electron chi connectivity index (χ0n) is 17.8. The van der Waals surface area contributed by atoms with Crippen molar-refractivity contribution in [3.8, 4) is 5.75 Å². The summed E-state index contributed by atoms with van der Waals surface area (Å²) in [5.74, 6) is 2.29. The Bertz CT molecular complexity index is 772. The van der Waals surface area contributed by atoms with Crippen molar-refractivity contribution in [1.82, 2.24) is 15.2 Å². The number of rotatable bonds is 5. The maximum atomic E-state index is 12.7. The number of fused-ring (bicyclic) bond motifs is 1. The molecule has 2 amide bonds. The van der Waals surface area contributed by atoms with E-state index in [1.54, 1.807) is 12.4 Å². The van der Waals surface area contributed by atoms with Gasteiger partial charge in [-0.15, -0.1) is 0 Å². The summed E-state index contributed by atoms with van der Waals surface area (Å²) in [4.78, 5) is 31.4. The van der Waals surface area contributed by atoms with Gasteiger partial charge in [-0.05, 0) is 55.4 Å². The van der Waals surface area contributed by atoms with Crippen molar-refractivity contribution in [2.75, 3.05) is 19.6 Å². The number of piperidine rings is 1. The third-order valence-corrected chi connectivity index (χ3v) is 8.01. The highest BCUT2D eigenvalue weighted by molar-refractivity contribution is 5.82. The second-order valence-electron chi connectivity index (χ2n) is 9.89. The Kier molecular flexibility index (Phi) is 5.42. The molecule has 3 fully saturated rings. The fourth-order valence-electron chi connectivity index (χ4n) is 5.86. The number of carbonyl (C=O) groups excluding carboxylic acids is 2. The number of likely N-dealkylation sites (tertiary alicyclic amines) is 1. The molecule has 2 aliphatic carbocycles. The summed E-state index contributed by atoms with van der Waals surface area (Å²) < 4.78 is 5.76. The molecule has 1 spiro atoms. The van der Waals surface area contributed by atoms with Gasteiger partial charge >= 0.3 is 0 Å². The minimum atomic E-state index is -0.432. The van der Waals surface area contributed by atoms with Gasteiger partial charge in [0, 0.05) is 50.4 Å². The van der Waals surface area contributed by atoms with Crippen LogP contribution in [0.5, 0.6) is 5.75 Å². The van der Waals surface area contributed by atoms with Gasteiger partial charge in [0.05, 0.1) is 0 Å². The topological polar surface area (TPSA) is 71.5 Å². The molecule has 1 N–H and O–H groups in total. The molecule has 5 rings (SSSR count). The average molecular weight is 412 g/mol. The van der Waals surface area contributed by atoms with E-state index in [1.807, 2.05) is 6.07 Å². The maximum absolute atomic E-state index is 12.7. The predicted molar refractivity (Wildman–Crippen MR) is 113 cm³/mol. The van der Waals surface area contributed by atoms with Gasteiger partial charge in [-0.1, -0.05) is 19.3 Å². The smallest absolute Gasteiger partial charge is 0.261 e. The number of amides is 2. The first-order valence-electron chi connectivity index (χ1n) is 11.8. The fourth-order valence-corrected chi connectivity index (χ4v) is 5.86. The maximum Gasteiger partial charge on any atom is 0.261 e. The largest absolute Gasteiger partial charge is 0.480 e. The highest BCUT2D eigenvalue weighted by Crippen LogP contribution is 2.59. The van der Waals surface area contributed by atoms with Crippen LogP contribution in [0.3, 0.4) is 0 Å². The average Bonchev–Trinajstić information content (AvgIpc) is 3.25. The third kappa shape index (κ3) is 4.06. The number of nitrogens with zero attached hydrogens (tertiary/aromatic N) is 2. The van der Waals surface area contributed by atoms with E-state index in [0.29, 0.717) is 29.6 Å². The van der Waals surface area contributed by atoms with Crippen molar-refractivity contribution < 1.29 is 14.3 Å². The molecule has 2 saturated carbocycles. The molecule has 30 heavy (non-hydrogen) atoms. The van der Waals surface area contributed by atoms with Crippen molar-refractivity contribution >= 4 is 11.8 Å². The van der Waals surface area contributed by atoms with Gasteiger partial charge in [0.15, 0.2) is 6.10 Å². The van der Waals surface area contributed by atoms with Gasteiger partial charge in [0.2, 0.25) is 5.91 Å². The van der Waals surface area contributed by atoms with Crippen molar-refractivity contribution in [2.24, 2.45) is 17.3 Å². The molecule has 1 aromatic rings. The summed E-state index contributed by atoms with van der Waals surface area (Å²) >= 11 is 0. The molecular formula is C24H33N3O3. The van der Waals surface area contributed by atoms with E-state index in [0.717, 1.165) is 50.2 Å². The molecule has 1 saturated heterocycles. The lowest BCUT2D eigenvalue weighted by atomic mass is 9.86. The predicted octanol–water partition coefficient (Wildman–Crippen LogP) is 3.10. The normalized spacial score (nSPS) is 27.4. The van der Waals surface area contributed by atoms with Crippen molar-refractivity contribution in [3.63, 3.8) is 0 Å². The summed E-state index contributed by atoms with van der Waals surface area (Å²) in [6.45, 7) is 2.51. The Morgan fingerprint density at radius 1 is 1.20 bits per heavy atom. The van der Waals surface area contributed by atoms with Crippen LogP contribution < -0.4 is 10.1 Å². The second kappa shape index (κ2) is 8.20. The number of ether oxygens (including phenoxy) is 1. The first kappa shape index (κ1) is 19.8. The molecule has 162 valence electrons. The van der Waals surface area contributed by atoms with Gasteiger partial charge in [0.25, 0.3) is 5.91 Å². The third-order valence-electron chi connectivity index (χ3n) is 8.01. The van der Waals surface area contributed by atoms with Crippen LogP contribution in [0.15, 0.2) is 18.5 Å². The molecule has 0 radical (unpaired) electrons. The zero-order chi connectivity index (χ0) is 20.6. The van der Waals surface area contributed by atoms with Crippen LogP contribution in [0.4, 0.5) is 0 Å². The van der Waals surface area contributed by atoms with Crippen molar-refractivity contribution in [3.05, 3.63) is 24.0 Å². The van der Waals surface area contributed by atoms with Crippen LogP contribution >= 0.6 is 0 Å². The van der Waals surface area contributed by atoms with E-state index in [2.05, 4.69) is 15.2 Å². The SMILES string of the molecule is O=C(NCC1CC12CCN(C(=O)CC1CCCCC1)CC2)C1Cc2cnccc2O1. The first-order chi connectivity index (χ1) is 14.6. The Labute approximate surface area is 178 Å². The lowest BCUT2D eigenvalue weighted by Gasteiger charge is -2.34. The van der Waals surface area contributed by atoms with Crippen molar-refractivity contribution in [1.29, 1.82) is 0 Å². The molecule has 2 aliphatic heterocycles. The van der Waals surface area contributed by atoms with E-state index >= 15 is 0 Å². The number of nitrogens with one attached hydrogen (secondary N) is 1. The Balaban J connectivity index is 1.04. The van der Waals surface area contributed by atoms with E-state index in [-0.39, 0.29) is 5.91 Å². The molecule has 3 heterocycles. The van der Waals surface area contributed by atoms with Crippen LogP contribution in [-0.4, -0.2) is 47.4 Å². The molecule has 4 aliphatic rings. The lowest BCUT2D eigenvalue weighted by Crippen LogP contribution is -2.42. The first-order valence-corrected chi connectivity index (χ1v) is 11.8. The monoisotopic (exact) mass is 411 g/mol. The van der Waals surface area contributed by atoms with Crippen LogP contribution in [-0.2, 0) is 16.0 Å². The highest BCUT2D eigenvalue weighted by Gasteiger charge is 2.55. The van der Waals surface area contributed by atoms with E-state index in [4.69, 9.17) is 4.74 Å². The molecule has 0 bridgehead atoms. The summed E-state index contributed by atoms with van der Waals surface area (Å²) in [5, 5.41) is 3.12. The van der Waals surface area contributed by atoms with Crippen LogP contribution in [0.1, 0.15) is 63.4 Å². The Morgan fingerprint density at radius 2 is 2.00 bits per heavy atom. The van der Waals surface area contributed by atoms with Crippen LogP contribution in [0, 0.1) is 17.3 Å². The number of hydrogen-bond acceptors (Lipinski definition) is 4. The van der Waals surface area contributed by atoms with Gasteiger partial charge < -0.3 is 15.0 Å². The quantitative estimate of drug-likeness (QED) is 0.808. The molecular weight excluding hydrogens is 378 g/mol. The molecule has 6 nitrogen and oxygen atoms in total. The second-order valence-corrected chi connectivity index (χ2v) is 9.89. The molecule has 1 aromatic heterocycles. The summed E-state index contributed by atoms with van der Waals surface area (Å²) in [6.07, 6.45) is 14.1. The molecule has 6 heteroatoms. The minimum absolute atomic E-state index is 0.0201. The van der Waals surface area contributed by atoms with Gasteiger partial charge in [-0.2, -0.15) is 0 Å². The summed E-state index contributed by atoms with van der Waals surface area (Å²) in [7, 11) is 0. The Morgan fingerprint density at radius 3 is 2.77 bits per heavy atom. The molecule has 2 unspecified atom stereocenters. The van der Waals surface area contributed by atoms with Crippen LogP contribution in [0.2, 0.25) is 0 Å². The Hall–Kier alpha value is -2.11. The number of hydrogen-bond donors (Lipinski definition) is 1. The minimum Gasteiger partial charge on any atom is -0.480 e. The number of aromatic nitrogens is 1. The fraction of sp³-hybridized carbons (Fsp3) is 0.708. The number of carbonyl (C=O) groups is 2. The molecule has 0 aromatic carbocycles. The van der Waals surface area contributed by atoms with Gasteiger partial charge in [-0.3, -0.25) is 14.6 Å². The van der Waals surface area contributed by atoms with E-state index in [9.17, 15) is 9.59 Å².